The molecule has 0 aromatic heterocycles. The Hall–Kier alpha value is -1.44. The maximum Gasteiger partial charge on any atom is 0.255 e. The molecule has 2 aliphatic heterocycles. The lowest BCUT2D eigenvalue weighted by Crippen LogP contribution is -2.44. The number of likely N-dealkylation sites (tertiary alicyclic amines) is 1. The van der Waals surface area contributed by atoms with E-state index in [0.717, 1.165) is 12.8 Å². The fourth-order valence-electron chi connectivity index (χ4n) is 3.38. The molecule has 0 saturated carbocycles. The van der Waals surface area contributed by atoms with Gasteiger partial charge in [-0.3, -0.25) is 4.79 Å². The molecular weight excluding hydrogens is 342 g/mol. The van der Waals surface area contributed by atoms with Crippen LogP contribution in [0.4, 0.5) is 0 Å². The second kappa shape index (κ2) is 7.43. The smallest absolute Gasteiger partial charge is 0.255 e. The van der Waals surface area contributed by atoms with Gasteiger partial charge in [-0.2, -0.15) is 0 Å². The number of carbonyl (C=O) groups excluding carboxylic acids is 1. The Kier molecular flexibility index (Phi) is 5.46. The quantitative estimate of drug-likeness (QED) is 0.815. The average molecular weight is 367 g/mol. The molecule has 1 unspecified atom stereocenters. The summed E-state index contributed by atoms with van der Waals surface area (Å²) in [6.07, 6.45) is 1.55. The molecule has 2 fully saturated rings. The van der Waals surface area contributed by atoms with Gasteiger partial charge in [0.25, 0.3) is 5.91 Å². The zero-order valence-electron chi connectivity index (χ0n) is 14.7. The maximum absolute atomic E-state index is 13.0. The van der Waals surface area contributed by atoms with Crippen molar-refractivity contribution in [3.63, 3.8) is 0 Å². The molecule has 1 amide bonds. The molecule has 6 nitrogen and oxygen atoms in total. The standard InChI is InChI=1S/C18H25NO5S/c1-13(2)25(21,22)16-8-4-3-7-15(16)17(20)19-9-5-6-14(12-19)18-23-10-11-24-18/h3-4,7-8,13-14,18H,5-6,9-12H2,1-2H3. The predicted molar refractivity (Wildman–Crippen MR) is 93.1 cm³/mol. The lowest BCUT2D eigenvalue weighted by Gasteiger charge is -2.35. The van der Waals surface area contributed by atoms with E-state index in [1.165, 1.54) is 6.07 Å². The summed E-state index contributed by atoms with van der Waals surface area (Å²) in [6, 6.07) is 6.49. The zero-order chi connectivity index (χ0) is 18.0. The van der Waals surface area contributed by atoms with E-state index in [9.17, 15) is 13.2 Å². The summed E-state index contributed by atoms with van der Waals surface area (Å²) in [4.78, 5) is 14.9. The van der Waals surface area contributed by atoms with Crippen LogP contribution in [0.3, 0.4) is 0 Å². The van der Waals surface area contributed by atoms with Crippen molar-refractivity contribution < 1.29 is 22.7 Å². The number of carbonyl (C=O) groups is 1. The normalized spacial score (nSPS) is 22.5. The minimum Gasteiger partial charge on any atom is -0.350 e. The number of sulfone groups is 1. The highest BCUT2D eigenvalue weighted by Crippen LogP contribution is 2.28. The number of benzene rings is 1. The van der Waals surface area contributed by atoms with Crippen LogP contribution in [0.2, 0.25) is 0 Å². The largest absolute Gasteiger partial charge is 0.350 e. The summed E-state index contributed by atoms with van der Waals surface area (Å²) < 4.78 is 36.4. The molecule has 2 heterocycles. The predicted octanol–water partition coefficient (Wildman–Crippen LogP) is 2.09. The molecule has 0 bridgehead atoms. The highest BCUT2D eigenvalue weighted by Gasteiger charge is 2.34. The van der Waals surface area contributed by atoms with Crippen LogP contribution >= 0.6 is 0 Å². The summed E-state index contributed by atoms with van der Waals surface area (Å²) in [5, 5.41) is -0.573. The van der Waals surface area contributed by atoms with Crippen LogP contribution in [0.1, 0.15) is 37.0 Å². The van der Waals surface area contributed by atoms with Gasteiger partial charge in [0.15, 0.2) is 16.1 Å². The Labute approximate surface area is 149 Å². The molecule has 25 heavy (non-hydrogen) atoms. The van der Waals surface area contributed by atoms with E-state index in [1.54, 1.807) is 36.9 Å². The van der Waals surface area contributed by atoms with Gasteiger partial charge in [-0.1, -0.05) is 12.1 Å². The van der Waals surface area contributed by atoms with Gasteiger partial charge >= 0.3 is 0 Å². The van der Waals surface area contributed by atoms with E-state index >= 15 is 0 Å². The number of nitrogens with zero attached hydrogens (tertiary/aromatic N) is 1. The SMILES string of the molecule is CC(C)S(=O)(=O)c1ccccc1C(=O)N1CCCC(C2OCCO2)C1. The Morgan fingerprint density at radius 3 is 2.56 bits per heavy atom. The van der Waals surface area contributed by atoms with Crippen LogP contribution in [-0.2, 0) is 19.3 Å². The highest BCUT2D eigenvalue weighted by molar-refractivity contribution is 7.92. The summed E-state index contributed by atoms with van der Waals surface area (Å²) in [5.74, 6) is -0.100. The number of rotatable bonds is 4. The molecule has 138 valence electrons. The van der Waals surface area contributed by atoms with Gasteiger partial charge in [0.05, 0.1) is 28.9 Å². The average Bonchev–Trinajstić information content (AvgIpc) is 3.16. The van der Waals surface area contributed by atoms with Crippen LogP contribution < -0.4 is 0 Å². The second-order valence-electron chi connectivity index (χ2n) is 6.85. The molecule has 0 N–H and O–H groups in total. The van der Waals surface area contributed by atoms with Crippen molar-refractivity contribution in [3.05, 3.63) is 29.8 Å². The molecule has 0 radical (unpaired) electrons. The Bertz CT molecular complexity index is 725. The number of piperidine rings is 1. The first-order valence-corrected chi connectivity index (χ1v) is 10.3. The minimum absolute atomic E-state index is 0.116. The van der Waals surface area contributed by atoms with Gasteiger partial charge < -0.3 is 14.4 Å². The third-order valence-corrected chi connectivity index (χ3v) is 7.03. The summed E-state index contributed by atoms with van der Waals surface area (Å²) >= 11 is 0. The second-order valence-corrected chi connectivity index (χ2v) is 9.33. The van der Waals surface area contributed by atoms with Crippen LogP contribution in [0, 0.1) is 5.92 Å². The van der Waals surface area contributed by atoms with Crippen molar-refractivity contribution in [1.29, 1.82) is 0 Å². The van der Waals surface area contributed by atoms with Gasteiger partial charge in [-0.15, -0.1) is 0 Å². The lowest BCUT2D eigenvalue weighted by atomic mass is 9.96. The fraction of sp³-hybridized carbons (Fsp3) is 0.611. The number of hydrogen-bond acceptors (Lipinski definition) is 5. The fourth-order valence-corrected chi connectivity index (χ4v) is 4.62. The Morgan fingerprint density at radius 2 is 1.88 bits per heavy atom. The third kappa shape index (κ3) is 3.73. The van der Waals surface area contributed by atoms with Gasteiger partial charge in [0, 0.05) is 19.0 Å². The van der Waals surface area contributed by atoms with Crippen molar-refractivity contribution in [2.75, 3.05) is 26.3 Å². The van der Waals surface area contributed by atoms with E-state index in [-0.39, 0.29) is 28.6 Å². The topological polar surface area (TPSA) is 72.9 Å². The summed E-state index contributed by atoms with van der Waals surface area (Å²) in [5.41, 5.74) is 0.255. The van der Waals surface area contributed by atoms with Gasteiger partial charge in [0.1, 0.15) is 0 Å². The number of amides is 1. The van der Waals surface area contributed by atoms with Crippen LogP contribution in [-0.4, -0.2) is 57.1 Å². The highest BCUT2D eigenvalue weighted by atomic mass is 32.2. The van der Waals surface area contributed by atoms with E-state index in [4.69, 9.17) is 9.47 Å². The Balaban J connectivity index is 1.83. The van der Waals surface area contributed by atoms with Gasteiger partial charge in [-0.05, 0) is 38.8 Å². The van der Waals surface area contributed by atoms with E-state index in [0.29, 0.717) is 26.3 Å². The third-order valence-electron chi connectivity index (χ3n) is 4.82. The van der Waals surface area contributed by atoms with E-state index in [2.05, 4.69) is 0 Å². The molecule has 0 spiro atoms. The van der Waals surface area contributed by atoms with Crippen molar-refractivity contribution in [2.24, 2.45) is 5.92 Å². The maximum atomic E-state index is 13.0. The van der Waals surface area contributed by atoms with Gasteiger partial charge in [-0.25, -0.2) is 8.42 Å². The molecule has 1 aromatic rings. The zero-order valence-corrected chi connectivity index (χ0v) is 15.5. The van der Waals surface area contributed by atoms with Gasteiger partial charge in [0.2, 0.25) is 0 Å². The van der Waals surface area contributed by atoms with Crippen molar-refractivity contribution >= 4 is 15.7 Å². The molecule has 1 aromatic carbocycles. The number of ether oxygens (including phenoxy) is 2. The molecule has 0 aliphatic carbocycles. The molecular formula is C18H25NO5S. The minimum atomic E-state index is -3.52. The van der Waals surface area contributed by atoms with Crippen LogP contribution in [0.5, 0.6) is 0 Å². The molecule has 7 heteroatoms. The van der Waals surface area contributed by atoms with Crippen LogP contribution in [0.15, 0.2) is 29.2 Å². The number of hydrogen-bond donors (Lipinski definition) is 0. The first-order valence-electron chi connectivity index (χ1n) is 8.76. The van der Waals surface area contributed by atoms with Crippen LogP contribution in [0.25, 0.3) is 0 Å². The summed E-state index contributed by atoms with van der Waals surface area (Å²) in [7, 11) is -3.52. The van der Waals surface area contributed by atoms with E-state index < -0.39 is 15.1 Å². The first kappa shape index (κ1) is 18.4. The first-order chi connectivity index (χ1) is 11.9. The molecule has 1 atom stereocenters. The monoisotopic (exact) mass is 367 g/mol. The summed E-state index contributed by atoms with van der Waals surface area (Å²) in [6.45, 7) is 5.58. The Morgan fingerprint density at radius 1 is 1.20 bits per heavy atom. The van der Waals surface area contributed by atoms with E-state index in [1.807, 2.05) is 0 Å². The lowest BCUT2D eigenvalue weighted by molar-refractivity contribution is -0.0969. The molecule has 2 saturated heterocycles. The molecule has 3 rings (SSSR count). The molecule has 2 aliphatic rings. The van der Waals surface area contributed by atoms with Crippen molar-refractivity contribution in [2.45, 2.75) is 43.1 Å². The van der Waals surface area contributed by atoms with Crippen molar-refractivity contribution in [3.8, 4) is 0 Å². The van der Waals surface area contributed by atoms with Crippen molar-refractivity contribution in [1.82, 2.24) is 4.90 Å².